The summed E-state index contributed by atoms with van der Waals surface area (Å²) in [6.45, 7) is 0. The second-order valence-corrected chi connectivity index (χ2v) is 17.2. The Hall–Kier alpha value is -1.84. The molecule has 328 valence electrons. The van der Waals surface area contributed by atoms with Crippen molar-refractivity contribution in [3.05, 3.63) is 36.5 Å². The van der Waals surface area contributed by atoms with Crippen molar-refractivity contribution in [1.29, 1.82) is 0 Å². The van der Waals surface area contributed by atoms with Gasteiger partial charge in [-0.15, -0.1) is 0 Å². The number of carboxylic acid groups (broad SMARTS) is 2. The van der Waals surface area contributed by atoms with Gasteiger partial charge in [-0.2, -0.15) is 0 Å². The molecular weight excluding hydrogens is 689 g/mol. The van der Waals surface area contributed by atoms with Gasteiger partial charge in [0, 0.05) is 12.2 Å². The van der Waals surface area contributed by atoms with E-state index in [4.69, 9.17) is 10.2 Å². The molecule has 0 aliphatic carbocycles. The predicted octanol–water partition coefficient (Wildman–Crippen LogP) is 18.0. The number of hydrogen-bond acceptors (Lipinski definition) is 2. The van der Waals surface area contributed by atoms with Gasteiger partial charge in [-0.25, -0.2) is 9.59 Å². The molecule has 4 nitrogen and oxygen atoms in total. The molecule has 0 rings (SSSR count). The zero-order chi connectivity index (χ0) is 40.5. The highest BCUT2D eigenvalue weighted by molar-refractivity contribution is 5.79. The first-order valence-corrected chi connectivity index (χ1v) is 25.1. The van der Waals surface area contributed by atoms with Crippen LogP contribution >= 0.6 is 0 Å². The second-order valence-electron chi connectivity index (χ2n) is 17.2. The van der Waals surface area contributed by atoms with E-state index in [1.54, 1.807) is 12.2 Å². The number of unbranched alkanes of at least 4 members (excludes halogenated alkanes) is 42. The summed E-state index contributed by atoms with van der Waals surface area (Å²) in [5.41, 5.74) is 0. The average molecular weight is 785 g/mol. The van der Waals surface area contributed by atoms with Crippen LogP contribution in [0.25, 0.3) is 0 Å². The predicted molar refractivity (Wildman–Crippen MR) is 246 cm³/mol. The molecule has 0 aliphatic rings. The Bertz CT molecular complexity index is 874. The highest BCUT2D eigenvalue weighted by atomic mass is 16.4. The fourth-order valence-electron chi connectivity index (χ4n) is 8.02. The third kappa shape index (κ3) is 52.2. The molecule has 0 aromatic heterocycles. The smallest absolute Gasteiger partial charge is 0.327 e. The minimum Gasteiger partial charge on any atom is -0.478 e. The van der Waals surface area contributed by atoms with Gasteiger partial charge in [0.15, 0.2) is 0 Å². The van der Waals surface area contributed by atoms with Crippen LogP contribution in [-0.4, -0.2) is 22.2 Å². The SMILES string of the molecule is O=C(O)C=CCCCCCCC=CCCCCCCCCCCCCCCCCCCCCCCCCCCCCCCCCCCCCCCC=CC(=O)O. The number of rotatable bonds is 48. The van der Waals surface area contributed by atoms with Gasteiger partial charge in [0.05, 0.1) is 0 Å². The zero-order valence-corrected chi connectivity index (χ0v) is 37.3. The molecule has 0 aliphatic heterocycles. The fourth-order valence-corrected chi connectivity index (χ4v) is 8.02. The first-order chi connectivity index (χ1) is 27.6. The summed E-state index contributed by atoms with van der Waals surface area (Å²) in [5.74, 6) is -1.67. The molecule has 0 spiro atoms. The van der Waals surface area contributed by atoms with E-state index in [2.05, 4.69) is 12.2 Å². The summed E-state index contributed by atoms with van der Waals surface area (Å²) in [6, 6.07) is 0. The maximum Gasteiger partial charge on any atom is 0.327 e. The highest BCUT2D eigenvalue weighted by Gasteiger charge is 1.98. The Morgan fingerprint density at radius 2 is 0.339 bits per heavy atom. The van der Waals surface area contributed by atoms with Crippen molar-refractivity contribution in [2.45, 2.75) is 283 Å². The molecule has 0 aromatic rings. The van der Waals surface area contributed by atoms with Gasteiger partial charge in [-0.05, 0) is 51.4 Å². The van der Waals surface area contributed by atoms with Crippen molar-refractivity contribution in [2.75, 3.05) is 0 Å². The zero-order valence-electron chi connectivity index (χ0n) is 37.3. The Balaban J connectivity index is 3.11. The van der Waals surface area contributed by atoms with Gasteiger partial charge in [0.1, 0.15) is 0 Å². The molecule has 0 bridgehead atoms. The van der Waals surface area contributed by atoms with Gasteiger partial charge in [0.25, 0.3) is 0 Å². The number of carbonyl (C=O) groups is 2. The summed E-state index contributed by atoms with van der Waals surface area (Å²) in [5, 5.41) is 17.1. The summed E-state index contributed by atoms with van der Waals surface area (Å²) >= 11 is 0. The minimum atomic E-state index is -0.839. The molecule has 0 unspecified atom stereocenters. The maximum atomic E-state index is 10.4. The number of allylic oxidation sites excluding steroid dienone is 4. The molecule has 0 heterocycles. The molecule has 4 heteroatoms. The van der Waals surface area contributed by atoms with E-state index in [-0.39, 0.29) is 0 Å². The molecule has 0 saturated carbocycles. The van der Waals surface area contributed by atoms with E-state index in [0.717, 1.165) is 25.7 Å². The van der Waals surface area contributed by atoms with Crippen molar-refractivity contribution in [3.8, 4) is 0 Å². The summed E-state index contributed by atoms with van der Waals surface area (Å²) in [7, 11) is 0. The van der Waals surface area contributed by atoms with Gasteiger partial charge in [-0.1, -0.05) is 255 Å². The quantitative estimate of drug-likeness (QED) is 0.0366. The third-order valence-corrected chi connectivity index (χ3v) is 11.7. The normalized spacial score (nSPS) is 11.9. The highest BCUT2D eigenvalue weighted by Crippen LogP contribution is 2.18. The van der Waals surface area contributed by atoms with Crippen LogP contribution in [0.2, 0.25) is 0 Å². The average Bonchev–Trinajstić information content (AvgIpc) is 3.18. The minimum absolute atomic E-state index is 0.831. The van der Waals surface area contributed by atoms with Crippen molar-refractivity contribution < 1.29 is 19.8 Å². The van der Waals surface area contributed by atoms with Crippen LogP contribution in [0.1, 0.15) is 283 Å². The topological polar surface area (TPSA) is 74.6 Å². The molecule has 0 radical (unpaired) electrons. The largest absolute Gasteiger partial charge is 0.478 e. The first kappa shape index (κ1) is 54.2. The molecule has 0 amide bonds. The summed E-state index contributed by atoms with van der Waals surface area (Å²) < 4.78 is 0. The lowest BCUT2D eigenvalue weighted by Gasteiger charge is -2.05. The molecule has 0 atom stereocenters. The first-order valence-electron chi connectivity index (χ1n) is 25.1. The number of aliphatic carboxylic acids is 2. The van der Waals surface area contributed by atoms with Crippen LogP contribution in [0.5, 0.6) is 0 Å². The van der Waals surface area contributed by atoms with Crippen molar-refractivity contribution >= 4 is 11.9 Å². The van der Waals surface area contributed by atoms with E-state index in [0.29, 0.717) is 0 Å². The number of carboxylic acids is 2. The van der Waals surface area contributed by atoms with E-state index in [1.165, 1.54) is 269 Å². The molecule has 2 N–H and O–H groups in total. The van der Waals surface area contributed by atoms with Crippen LogP contribution in [0, 0.1) is 0 Å². The lowest BCUT2D eigenvalue weighted by molar-refractivity contribution is -0.132. The van der Waals surface area contributed by atoms with Crippen molar-refractivity contribution in [2.24, 2.45) is 0 Å². The van der Waals surface area contributed by atoms with E-state index in [9.17, 15) is 9.59 Å². The van der Waals surface area contributed by atoms with E-state index >= 15 is 0 Å². The molecule has 56 heavy (non-hydrogen) atoms. The maximum absolute atomic E-state index is 10.4. The van der Waals surface area contributed by atoms with Gasteiger partial charge in [-0.3, -0.25) is 0 Å². The summed E-state index contributed by atoms with van der Waals surface area (Å²) in [4.78, 5) is 20.8. The van der Waals surface area contributed by atoms with E-state index in [1.807, 2.05) is 0 Å². The second kappa shape index (κ2) is 49.3. The van der Waals surface area contributed by atoms with Crippen LogP contribution in [0.3, 0.4) is 0 Å². The lowest BCUT2D eigenvalue weighted by Crippen LogP contribution is -1.86. The Kier molecular flexibility index (Phi) is 47.7. The van der Waals surface area contributed by atoms with Crippen LogP contribution in [-0.2, 0) is 9.59 Å². The Morgan fingerprint density at radius 3 is 0.482 bits per heavy atom. The Morgan fingerprint density at radius 1 is 0.214 bits per heavy atom. The summed E-state index contributed by atoms with van der Waals surface area (Å²) in [6.07, 6.45) is 71.0. The van der Waals surface area contributed by atoms with E-state index < -0.39 is 11.9 Å². The van der Waals surface area contributed by atoms with Gasteiger partial charge < -0.3 is 10.2 Å². The van der Waals surface area contributed by atoms with Gasteiger partial charge in [0.2, 0.25) is 0 Å². The fraction of sp³-hybridized carbons (Fsp3) is 0.846. The van der Waals surface area contributed by atoms with Crippen molar-refractivity contribution in [3.63, 3.8) is 0 Å². The number of hydrogen-bond donors (Lipinski definition) is 2. The molecular formula is C52H96O4. The monoisotopic (exact) mass is 785 g/mol. The molecule has 0 fully saturated rings. The Labute approximate surface area is 349 Å². The lowest BCUT2D eigenvalue weighted by atomic mass is 10.0. The van der Waals surface area contributed by atoms with Crippen molar-refractivity contribution in [1.82, 2.24) is 0 Å². The third-order valence-electron chi connectivity index (χ3n) is 11.7. The standard InChI is InChI=1S/C52H96O4/c53-51(54)49-47-45-43-41-39-37-35-33-31-29-27-25-23-21-19-17-15-13-11-9-7-5-3-1-2-4-6-8-10-12-14-16-18-20-22-24-26-28-30-32-34-36-38-40-42-44-46-48-50-52(55)56/h31,33,47-50H,1-30,32,34-46H2,(H,53,54)(H,55,56). The molecule has 0 saturated heterocycles. The van der Waals surface area contributed by atoms with Crippen LogP contribution in [0.4, 0.5) is 0 Å². The van der Waals surface area contributed by atoms with Crippen LogP contribution in [0.15, 0.2) is 36.5 Å². The molecule has 0 aromatic carbocycles. The van der Waals surface area contributed by atoms with Crippen LogP contribution < -0.4 is 0 Å². The van der Waals surface area contributed by atoms with Gasteiger partial charge >= 0.3 is 11.9 Å².